The smallest absolute Gasteiger partial charge is 0.230 e. The molecule has 2 rings (SSSR count). The highest BCUT2D eigenvalue weighted by Gasteiger charge is 2.20. The van der Waals surface area contributed by atoms with E-state index in [4.69, 9.17) is 4.42 Å². The lowest BCUT2D eigenvalue weighted by molar-refractivity contribution is 0.418. The number of rotatable bonds is 4. The minimum atomic E-state index is 0.640. The molecule has 1 aliphatic carbocycles. The minimum Gasteiger partial charge on any atom is -0.424 e. The van der Waals surface area contributed by atoms with Gasteiger partial charge in [-0.3, -0.25) is 0 Å². The van der Waals surface area contributed by atoms with Crippen molar-refractivity contribution in [3.63, 3.8) is 0 Å². The monoisotopic (exact) mass is 209 g/mol. The molecule has 2 atom stereocenters. The molecule has 1 N–H and O–H groups in total. The molecule has 0 spiro atoms. The molecule has 1 aromatic heterocycles. The Bertz CT molecular complexity index is 311. The molecule has 1 aromatic rings. The van der Waals surface area contributed by atoms with E-state index in [-0.39, 0.29) is 0 Å². The fourth-order valence-corrected chi connectivity index (χ4v) is 2.30. The molecule has 0 aromatic carbocycles. The van der Waals surface area contributed by atoms with Gasteiger partial charge in [0, 0.05) is 6.92 Å². The maximum absolute atomic E-state index is 5.28. The lowest BCUT2D eigenvalue weighted by Crippen LogP contribution is -2.21. The third-order valence-electron chi connectivity index (χ3n) is 3.08. The summed E-state index contributed by atoms with van der Waals surface area (Å²) in [4.78, 5) is 0. The van der Waals surface area contributed by atoms with E-state index in [0.717, 1.165) is 18.4 Å². The van der Waals surface area contributed by atoms with E-state index in [9.17, 15) is 0 Å². The van der Waals surface area contributed by atoms with Crippen LogP contribution < -0.4 is 5.32 Å². The van der Waals surface area contributed by atoms with Crippen LogP contribution in [0.3, 0.4) is 0 Å². The zero-order chi connectivity index (χ0) is 10.7. The highest BCUT2D eigenvalue weighted by molar-refractivity contribution is 4.79. The van der Waals surface area contributed by atoms with E-state index >= 15 is 0 Å². The molecule has 1 saturated carbocycles. The highest BCUT2D eigenvalue weighted by atomic mass is 16.4. The van der Waals surface area contributed by atoms with Gasteiger partial charge in [0.15, 0.2) is 0 Å². The predicted molar refractivity (Wildman–Crippen MR) is 57.2 cm³/mol. The third-order valence-corrected chi connectivity index (χ3v) is 3.08. The molecule has 0 aliphatic heterocycles. The molecular weight excluding hydrogens is 190 g/mol. The lowest BCUT2D eigenvalue weighted by atomic mass is 10.1. The molecule has 1 fully saturated rings. The van der Waals surface area contributed by atoms with Crippen molar-refractivity contribution in [1.82, 2.24) is 15.5 Å². The maximum atomic E-state index is 5.28. The average molecular weight is 209 g/mol. The van der Waals surface area contributed by atoms with E-state index in [0.29, 0.717) is 18.3 Å². The first-order valence-electron chi connectivity index (χ1n) is 5.73. The lowest BCUT2D eigenvalue weighted by Gasteiger charge is -2.09. The van der Waals surface area contributed by atoms with Gasteiger partial charge in [0.05, 0.1) is 6.54 Å². The van der Waals surface area contributed by atoms with Gasteiger partial charge < -0.3 is 9.73 Å². The summed E-state index contributed by atoms with van der Waals surface area (Å²) in [5.41, 5.74) is 0. The summed E-state index contributed by atoms with van der Waals surface area (Å²) in [7, 11) is 0. The van der Waals surface area contributed by atoms with E-state index in [1.165, 1.54) is 19.3 Å². The topological polar surface area (TPSA) is 51.0 Å². The number of hydrogen-bond acceptors (Lipinski definition) is 4. The summed E-state index contributed by atoms with van der Waals surface area (Å²) >= 11 is 0. The number of hydrogen-bond donors (Lipinski definition) is 1. The van der Waals surface area contributed by atoms with Crippen molar-refractivity contribution in [3.8, 4) is 0 Å². The number of nitrogens with zero attached hydrogens (tertiary/aromatic N) is 2. The van der Waals surface area contributed by atoms with Gasteiger partial charge in [0.25, 0.3) is 0 Å². The summed E-state index contributed by atoms with van der Waals surface area (Å²) in [6, 6.07) is 0. The van der Waals surface area contributed by atoms with Crippen LogP contribution in [0.4, 0.5) is 0 Å². The number of aromatic nitrogens is 2. The Kier molecular flexibility index (Phi) is 3.36. The van der Waals surface area contributed by atoms with Gasteiger partial charge in [-0.2, -0.15) is 0 Å². The Morgan fingerprint density at radius 1 is 1.40 bits per heavy atom. The molecule has 0 amide bonds. The third kappa shape index (κ3) is 3.02. The summed E-state index contributed by atoms with van der Waals surface area (Å²) in [6.07, 6.45) is 4.10. The SMILES string of the molecule is Cc1nnc(CNCC2CCC(C)C2)o1. The highest BCUT2D eigenvalue weighted by Crippen LogP contribution is 2.29. The van der Waals surface area contributed by atoms with Crippen molar-refractivity contribution in [3.05, 3.63) is 11.8 Å². The van der Waals surface area contributed by atoms with Gasteiger partial charge >= 0.3 is 0 Å². The van der Waals surface area contributed by atoms with Crippen LogP contribution in [0.15, 0.2) is 4.42 Å². The van der Waals surface area contributed by atoms with Crippen LogP contribution in [-0.2, 0) is 6.54 Å². The van der Waals surface area contributed by atoms with Crippen molar-refractivity contribution < 1.29 is 4.42 Å². The first-order valence-corrected chi connectivity index (χ1v) is 5.73. The maximum Gasteiger partial charge on any atom is 0.230 e. The van der Waals surface area contributed by atoms with E-state index in [1.54, 1.807) is 0 Å². The van der Waals surface area contributed by atoms with E-state index < -0.39 is 0 Å². The van der Waals surface area contributed by atoms with Crippen LogP contribution in [0, 0.1) is 18.8 Å². The molecule has 1 heterocycles. The minimum absolute atomic E-state index is 0.640. The summed E-state index contributed by atoms with van der Waals surface area (Å²) in [5, 5.41) is 11.1. The normalized spacial score (nSPS) is 26.0. The molecule has 1 aliphatic rings. The van der Waals surface area contributed by atoms with Crippen molar-refractivity contribution >= 4 is 0 Å². The zero-order valence-corrected chi connectivity index (χ0v) is 9.49. The fraction of sp³-hybridized carbons (Fsp3) is 0.818. The second kappa shape index (κ2) is 4.75. The fourth-order valence-electron chi connectivity index (χ4n) is 2.30. The molecule has 15 heavy (non-hydrogen) atoms. The van der Waals surface area contributed by atoms with Crippen molar-refractivity contribution in [2.45, 2.75) is 39.7 Å². The van der Waals surface area contributed by atoms with Crippen LogP contribution >= 0.6 is 0 Å². The molecule has 2 unspecified atom stereocenters. The Hall–Kier alpha value is -0.900. The molecule has 4 nitrogen and oxygen atoms in total. The van der Waals surface area contributed by atoms with Crippen LogP contribution in [0.1, 0.15) is 38.0 Å². The summed E-state index contributed by atoms with van der Waals surface area (Å²) < 4.78 is 5.28. The number of nitrogens with one attached hydrogen (secondary N) is 1. The first-order chi connectivity index (χ1) is 7.24. The molecule has 0 bridgehead atoms. The van der Waals surface area contributed by atoms with Crippen LogP contribution in [0.2, 0.25) is 0 Å². The Morgan fingerprint density at radius 2 is 2.27 bits per heavy atom. The number of aryl methyl sites for hydroxylation is 1. The molecule has 0 saturated heterocycles. The van der Waals surface area contributed by atoms with Crippen LogP contribution in [-0.4, -0.2) is 16.7 Å². The Labute approximate surface area is 90.5 Å². The standard InChI is InChI=1S/C11H19N3O/c1-8-3-4-10(5-8)6-12-7-11-14-13-9(2)15-11/h8,10,12H,3-7H2,1-2H3. The molecule has 4 heteroatoms. The van der Waals surface area contributed by atoms with Gasteiger partial charge in [-0.1, -0.05) is 13.3 Å². The van der Waals surface area contributed by atoms with Crippen molar-refractivity contribution in [2.75, 3.05) is 6.54 Å². The van der Waals surface area contributed by atoms with Gasteiger partial charge in [-0.05, 0) is 31.2 Å². The zero-order valence-electron chi connectivity index (χ0n) is 9.49. The average Bonchev–Trinajstić information content (AvgIpc) is 2.76. The van der Waals surface area contributed by atoms with Crippen molar-refractivity contribution in [2.24, 2.45) is 11.8 Å². The van der Waals surface area contributed by atoms with E-state index in [1.807, 2.05) is 6.92 Å². The van der Waals surface area contributed by atoms with Gasteiger partial charge in [-0.15, -0.1) is 10.2 Å². The Morgan fingerprint density at radius 3 is 2.87 bits per heavy atom. The van der Waals surface area contributed by atoms with E-state index in [2.05, 4.69) is 22.4 Å². The second-order valence-corrected chi connectivity index (χ2v) is 4.63. The van der Waals surface area contributed by atoms with Crippen molar-refractivity contribution in [1.29, 1.82) is 0 Å². The van der Waals surface area contributed by atoms with Crippen LogP contribution in [0.5, 0.6) is 0 Å². The Balaban J connectivity index is 1.67. The summed E-state index contributed by atoms with van der Waals surface area (Å²) in [6.45, 7) is 5.92. The quantitative estimate of drug-likeness (QED) is 0.823. The van der Waals surface area contributed by atoms with Crippen LogP contribution in [0.25, 0.3) is 0 Å². The molecular formula is C11H19N3O. The largest absolute Gasteiger partial charge is 0.424 e. The predicted octanol–water partition coefficient (Wildman–Crippen LogP) is 1.90. The first kappa shape index (κ1) is 10.6. The second-order valence-electron chi connectivity index (χ2n) is 4.63. The van der Waals surface area contributed by atoms with Gasteiger partial charge in [0.1, 0.15) is 0 Å². The summed E-state index contributed by atoms with van der Waals surface area (Å²) in [5.74, 6) is 3.08. The van der Waals surface area contributed by atoms with Gasteiger partial charge in [0.2, 0.25) is 11.8 Å². The molecule has 84 valence electrons. The van der Waals surface area contributed by atoms with Gasteiger partial charge in [-0.25, -0.2) is 0 Å². The molecule has 0 radical (unpaired) electrons.